The van der Waals surface area contributed by atoms with Gasteiger partial charge >= 0.3 is 0 Å². The lowest BCUT2D eigenvalue weighted by molar-refractivity contribution is -0.529. The van der Waals surface area contributed by atoms with Crippen molar-refractivity contribution in [1.29, 1.82) is 0 Å². The smallest absolute Gasteiger partial charge is 0.275 e. The molecule has 25 heavy (non-hydrogen) atoms. The molecule has 0 bridgehead atoms. The Labute approximate surface area is 154 Å². The van der Waals surface area contributed by atoms with Gasteiger partial charge in [-0.3, -0.25) is 10.3 Å². The number of rotatable bonds is 9. The van der Waals surface area contributed by atoms with E-state index in [9.17, 15) is 0 Å². The minimum Gasteiger partial charge on any atom is -0.491 e. The monoisotopic (exact) mass is 345 g/mol. The SMILES string of the molecule is CCCC[N+](CCCC)=C(N)c1ccc(OC(C)C)c2c1CCCC2. The lowest BCUT2D eigenvalue weighted by Gasteiger charge is -2.23. The summed E-state index contributed by atoms with van der Waals surface area (Å²) in [4.78, 5) is 0. The highest BCUT2D eigenvalue weighted by Gasteiger charge is 2.23. The van der Waals surface area contributed by atoms with Crippen LogP contribution in [0, 0.1) is 0 Å². The lowest BCUT2D eigenvalue weighted by atomic mass is 9.87. The van der Waals surface area contributed by atoms with E-state index in [0.29, 0.717) is 0 Å². The van der Waals surface area contributed by atoms with Crippen LogP contribution < -0.4 is 10.5 Å². The second-order valence-corrected chi connectivity index (χ2v) is 7.52. The van der Waals surface area contributed by atoms with Gasteiger partial charge in [-0.25, -0.2) is 0 Å². The fraction of sp³-hybridized carbons (Fsp3) is 0.682. The number of ether oxygens (including phenoxy) is 1. The van der Waals surface area contributed by atoms with Crippen molar-refractivity contribution >= 4 is 5.84 Å². The third kappa shape index (κ3) is 5.23. The summed E-state index contributed by atoms with van der Waals surface area (Å²) in [6.45, 7) is 10.8. The Kier molecular flexibility index (Phi) is 7.80. The van der Waals surface area contributed by atoms with Gasteiger partial charge in [0.2, 0.25) is 0 Å². The third-order valence-corrected chi connectivity index (χ3v) is 5.03. The van der Waals surface area contributed by atoms with Crippen molar-refractivity contribution < 1.29 is 9.31 Å². The van der Waals surface area contributed by atoms with Crippen molar-refractivity contribution in [1.82, 2.24) is 0 Å². The average Bonchev–Trinajstić information content (AvgIpc) is 2.61. The number of hydrogen-bond donors (Lipinski definition) is 1. The van der Waals surface area contributed by atoms with Crippen LogP contribution in [0.4, 0.5) is 0 Å². The molecule has 0 unspecified atom stereocenters. The van der Waals surface area contributed by atoms with Gasteiger partial charge in [-0.15, -0.1) is 0 Å². The largest absolute Gasteiger partial charge is 0.491 e. The van der Waals surface area contributed by atoms with E-state index in [1.54, 1.807) is 0 Å². The summed E-state index contributed by atoms with van der Waals surface area (Å²) in [5, 5.41) is 0. The molecule has 0 fully saturated rings. The topological polar surface area (TPSA) is 38.3 Å². The molecule has 0 radical (unpaired) electrons. The summed E-state index contributed by atoms with van der Waals surface area (Å²) in [7, 11) is 0. The molecule has 3 heteroatoms. The molecule has 0 aliphatic heterocycles. The Balaban J connectivity index is 2.43. The predicted molar refractivity (Wildman–Crippen MR) is 107 cm³/mol. The molecular weight excluding hydrogens is 308 g/mol. The van der Waals surface area contributed by atoms with E-state index in [0.717, 1.165) is 37.5 Å². The Morgan fingerprint density at radius 1 is 1.04 bits per heavy atom. The number of benzene rings is 1. The van der Waals surface area contributed by atoms with Crippen LogP contribution in [0.5, 0.6) is 5.75 Å². The second kappa shape index (κ2) is 9.84. The van der Waals surface area contributed by atoms with Gasteiger partial charge in [0.25, 0.3) is 5.84 Å². The van der Waals surface area contributed by atoms with Gasteiger partial charge in [0, 0.05) is 0 Å². The maximum Gasteiger partial charge on any atom is 0.275 e. The Morgan fingerprint density at radius 3 is 2.20 bits per heavy atom. The summed E-state index contributed by atoms with van der Waals surface area (Å²) >= 11 is 0. The van der Waals surface area contributed by atoms with E-state index in [4.69, 9.17) is 10.5 Å². The first-order chi connectivity index (χ1) is 12.1. The van der Waals surface area contributed by atoms with Gasteiger partial charge in [-0.05, 0) is 75.6 Å². The highest BCUT2D eigenvalue weighted by atomic mass is 16.5. The molecule has 2 rings (SSSR count). The van der Waals surface area contributed by atoms with E-state index in [-0.39, 0.29) is 6.10 Å². The van der Waals surface area contributed by atoms with Crippen LogP contribution in [0.3, 0.4) is 0 Å². The first kappa shape index (κ1) is 19.8. The maximum absolute atomic E-state index is 6.70. The summed E-state index contributed by atoms with van der Waals surface area (Å²) in [5.41, 5.74) is 10.8. The normalized spacial score (nSPS) is 13.6. The highest BCUT2D eigenvalue weighted by molar-refractivity contribution is 5.96. The fourth-order valence-corrected chi connectivity index (χ4v) is 3.66. The zero-order valence-corrected chi connectivity index (χ0v) is 16.7. The number of amidine groups is 1. The first-order valence-corrected chi connectivity index (χ1v) is 10.3. The predicted octanol–water partition coefficient (Wildman–Crippen LogP) is 4.67. The third-order valence-electron chi connectivity index (χ3n) is 5.03. The van der Waals surface area contributed by atoms with Gasteiger partial charge in [0.05, 0.1) is 24.8 Å². The van der Waals surface area contributed by atoms with E-state index in [1.807, 2.05) is 0 Å². The molecule has 0 saturated carbocycles. The van der Waals surface area contributed by atoms with Crippen molar-refractivity contribution in [2.75, 3.05) is 13.1 Å². The Hall–Kier alpha value is -1.51. The summed E-state index contributed by atoms with van der Waals surface area (Å²) < 4.78 is 8.48. The lowest BCUT2D eigenvalue weighted by Crippen LogP contribution is -2.32. The average molecular weight is 346 g/mol. The standard InChI is InChI=1S/C22H36N2O/c1-5-7-15-24(16-8-6-2)22(23)20-13-14-21(25-17(3)4)19-12-10-9-11-18(19)20/h13-14,17,23H,5-12,15-16H2,1-4H3/p+1. The molecule has 0 aromatic heterocycles. The van der Waals surface area contributed by atoms with Crippen molar-refractivity contribution in [3.63, 3.8) is 0 Å². The van der Waals surface area contributed by atoms with Crippen LogP contribution in [-0.4, -0.2) is 29.6 Å². The molecule has 1 aromatic rings. The van der Waals surface area contributed by atoms with Crippen LogP contribution in [0.15, 0.2) is 12.1 Å². The van der Waals surface area contributed by atoms with Crippen LogP contribution in [0.1, 0.15) is 82.9 Å². The van der Waals surface area contributed by atoms with Crippen molar-refractivity contribution in [2.24, 2.45) is 5.73 Å². The molecule has 0 atom stereocenters. The van der Waals surface area contributed by atoms with Crippen LogP contribution in [-0.2, 0) is 12.8 Å². The molecule has 0 amide bonds. The van der Waals surface area contributed by atoms with Crippen molar-refractivity contribution in [2.45, 2.75) is 85.2 Å². The maximum atomic E-state index is 6.70. The minimum absolute atomic E-state index is 0.212. The van der Waals surface area contributed by atoms with E-state index >= 15 is 0 Å². The molecule has 0 heterocycles. The highest BCUT2D eigenvalue weighted by Crippen LogP contribution is 2.33. The van der Waals surface area contributed by atoms with E-state index in [2.05, 4.69) is 44.4 Å². The molecule has 0 spiro atoms. The quantitative estimate of drug-likeness (QED) is 0.401. The molecule has 3 nitrogen and oxygen atoms in total. The van der Waals surface area contributed by atoms with Crippen molar-refractivity contribution in [3.05, 3.63) is 28.8 Å². The second-order valence-electron chi connectivity index (χ2n) is 7.52. The van der Waals surface area contributed by atoms with Crippen LogP contribution >= 0.6 is 0 Å². The zero-order valence-electron chi connectivity index (χ0n) is 16.7. The van der Waals surface area contributed by atoms with E-state index in [1.165, 1.54) is 55.2 Å². The van der Waals surface area contributed by atoms with Gasteiger partial charge in [-0.2, -0.15) is 0 Å². The number of unbranched alkanes of at least 4 members (excludes halogenated alkanes) is 2. The molecule has 0 saturated heterocycles. The fourth-order valence-electron chi connectivity index (χ4n) is 3.66. The molecule has 2 N–H and O–H groups in total. The van der Waals surface area contributed by atoms with E-state index < -0.39 is 0 Å². The van der Waals surface area contributed by atoms with Gasteiger partial charge < -0.3 is 4.74 Å². The molecular formula is C22H37N2O+. The summed E-state index contributed by atoms with van der Waals surface area (Å²) in [6, 6.07) is 4.34. The summed E-state index contributed by atoms with van der Waals surface area (Å²) in [5.74, 6) is 2.03. The number of nitrogens with two attached hydrogens (primary N) is 1. The number of fused-ring (bicyclic) bond motifs is 1. The molecule has 1 aliphatic rings. The van der Waals surface area contributed by atoms with Crippen LogP contribution in [0.2, 0.25) is 0 Å². The Bertz CT molecular complexity index is 580. The minimum atomic E-state index is 0.212. The Morgan fingerprint density at radius 2 is 1.64 bits per heavy atom. The number of nitrogens with zero attached hydrogens (tertiary/aromatic N) is 1. The zero-order chi connectivity index (χ0) is 18.2. The molecule has 140 valence electrons. The van der Waals surface area contributed by atoms with Crippen molar-refractivity contribution in [3.8, 4) is 5.75 Å². The van der Waals surface area contributed by atoms with Crippen LogP contribution in [0.25, 0.3) is 0 Å². The van der Waals surface area contributed by atoms with Gasteiger partial charge in [-0.1, -0.05) is 26.7 Å². The first-order valence-electron chi connectivity index (χ1n) is 10.3. The van der Waals surface area contributed by atoms with Gasteiger partial charge in [0.1, 0.15) is 5.75 Å². The number of hydrogen-bond acceptors (Lipinski definition) is 1. The molecule has 1 aromatic carbocycles. The van der Waals surface area contributed by atoms with Gasteiger partial charge in [0.15, 0.2) is 0 Å². The molecule has 1 aliphatic carbocycles. The summed E-state index contributed by atoms with van der Waals surface area (Å²) in [6.07, 6.45) is 9.75.